The van der Waals surface area contributed by atoms with Crippen molar-refractivity contribution in [2.24, 2.45) is 5.16 Å². The molecule has 3 aromatic rings. The molecule has 3 aromatic heterocycles. The molecule has 12 heteroatoms. The first-order chi connectivity index (χ1) is 16.8. The number of halogens is 4. The number of pyridine rings is 1. The number of aromatic nitrogens is 3. The van der Waals surface area contributed by atoms with Gasteiger partial charge in [-0.25, -0.2) is 14.0 Å². The second-order valence-corrected chi connectivity index (χ2v) is 9.12. The molecule has 0 aliphatic carbocycles. The Bertz CT molecular complexity index is 1110. The van der Waals surface area contributed by atoms with Crippen LogP contribution in [0, 0.1) is 0 Å². The molecule has 0 aromatic carbocycles. The van der Waals surface area contributed by atoms with Crippen molar-refractivity contribution in [2.45, 2.75) is 38.8 Å². The summed E-state index contributed by atoms with van der Waals surface area (Å²) in [6.45, 7) is 2.66. The van der Waals surface area contributed by atoms with E-state index >= 15 is 0 Å². The van der Waals surface area contributed by atoms with E-state index in [1.54, 1.807) is 29.3 Å². The molecule has 1 amide bonds. The Hall–Kier alpha value is -2.76. The molecule has 0 N–H and O–H groups in total. The van der Waals surface area contributed by atoms with Crippen LogP contribution in [0.5, 0.6) is 0 Å². The van der Waals surface area contributed by atoms with Gasteiger partial charge in [0.1, 0.15) is 6.61 Å². The van der Waals surface area contributed by atoms with Crippen LogP contribution in [-0.2, 0) is 9.63 Å². The van der Waals surface area contributed by atoms with E-state index in [0.717, 1.165) is 17.0 Å². The summed E-state index contributed by atoms with van der Waals surface area (Å²) in [5.74, 6) is 0. The van der Waals surface area contributed by atoms with Gasteiger partial charge in [0.15, 0.2) is 5.69 Å². The molecule has 7 nitrogen and oxygen atoms in total. The van der Waals surface area contributed by atoms with E-state index in [1.807, 2.05) is 30.5 Å². The zero-order valence-electron chi connectivity index (χ0n) is 19.1. The highest BCUT2D eigenvalue weighted by molar-refractivity contribution is 7.12. The number of rotatable bonds is 13. The lowest BCUT2D eigenvalue weighted by Gasteiger charge is -2.29. The molecule has 1 unspecified atom stereocenters. The predicted octanol–water partition coefficient (Wildman–Crippen LogP) is 6.01. The molecule has 1 atom stereocenters. The molecular formula is C23H26ClF3N5O2S+. The van der Waals surface area contributed by atoms with Crippen LogP contribution >= 0.6 is 22.9 Å². The van der Waals surface area contributed by atoms with Crippen molar-refractivity contribution in [1.82, 2.24) is 19.2 Å². The van der Waals surface area contributed by atoms with Gasteiger partial charge in [0, 0.05) is 19.0 Å². The van der Waals surface area contributed by atoms with Crippen molar-refractivity contribution >= 4 is 40.7 Å². The third kappa shape index (κ3) is 7.36. The standard InChI is InChI=1S/C23H26ClF3N5O2S/c1-2-32(17-33,20-16-31(29-22(20)24)18-7-3-11-28-15-18)12-4-8-19(21-9-5-14-35-21)30-34-13-6-10-23(25,26)27/h3,5,7,9,11,14-17H,2,4,6,8,10,12-13H2,1H3/q+1. The zero-order chi connectivity index (χ0) is 25.3. The van der Waals surface area contributed by atoms with E-state index in [9.17, 15) is 18.0 Å². The van der Waals surface area contributed by atoms with Crippen LogP contribution in [0.3, 0.4) is 0 Å². The Morgan fingerprint density at radius 1 is 1.31 bits per heavy atom. The summed E-state index contributed by atoms with van der Waals surface area (Å²) in [5.41, 5.74) is 1.92. The molecule has 0 bridgehead atoms. The molecule has 0 aliphatic heterocycles. The Morgan fingerprint density at radius 3 is 2.77 bits per heavy atom. The van der Waals surface area contributed by atoms with E-state index < -0.39 is 12.6 Å². The summed E-state index contributed by atoms with van der Waals surface area (Å²) in [6.07, 6.45) is 1.62. The number of thiophene rings is 1. The van der Waals surface area contributed by atoms with Gasteiger partial charge in [0.05, 0.1) is 41.8 Å². The van der Waals surface area contributed by atoms with E-state index in [-0.39, 0.29) is 22.7 Å². The molecule has 188 valence electrons. The van der Waals surface area contributed by atoms with Gasteiger partial charge in [0.2, 0.25) is 5.15 Å². The Kier molecular flexibility index (Phi) is 9.41. The summed E-state index contributed by atoms with van der Waals surface area (Å²) < 4.78 is 38.6. The molecule has 0 spiro atoms. The Balaban J connectivity index is 1.70. The highest BCUT2D eigenvalue weighted by Crippen LogP contribution is 2.31. The van der Waals surface area contributed by atoms with Crippen LogP contribution in [0.25, 0.3) is 5.69 Å². The van der Waals surface area contributed by atoms with Crippen LogP contribution in [0.1, 0.15) is 37.5 Å². The number of hydrogen-bond donors (Lipinski definition) is 0. The highest BCUT2D eigenvalue weighted by Gasteiger charge is 2.33. The minimum absolute atomic E-state index is 0.0384. The summed E-state index contributed by atoms with van der Waals surface area (Å²) in [7, 11) is 0. The second kappa shape index (κ2) is 12.3. The normalized spacial score (nSPS) is 14.0. The van der Waals surface area contributed by atoms with Gasteiger partial charge >= 0.3 is 12.6 Å². The number of hydrogen-bond acceptors (Lipinski definition) is 6. The average molecular weight is 529 g/mol. The van der Waals surface area contributed by atoms with Crippen LogP contribution < -0.4 is 4.48 Å². The molecule has 3 rings (SSSR count). The fraction of sp³-hybridized carbons (Fsp3) is 0.391. The van der Waals surface area contributed by atoms with E-state index in [4.69, 9.17) is 16.4 Å². The fourth-order valence-electron chi connectivity index (χ4n) is 3.54. The largest absolute Gasteiger partial charge is 0.396 e. The Morgan fingerprint density at radius 2 is 2.14 bits per heavy atom. The number of oxime groups is 1. The van der Waals surface area contributed by atoms with E-state index in [2.05, 4.69) is 15.2 Å². The van der Waals surface area contributed by atoms with Crippen LogP contribution in [-0.4, -0.2) is 52.8 Å². The first-order valence-corrected chi connectivity index (χ1v) is 12.3. The smallest absolute Gasteiger partial charge is 0.389 e. The minimum atomic E-state index is -4.22. The van der Waals surface area contributed by atoms with E-state index in [0.29, 0.717) is 37.3 Å². The number of carbonyl (C=O) groups is 1. The van der Waals surface area contributed by atoms with Crippen LogP contribution in [0.4, 0.5) is 18.9 Å². The lowest BCUT2D eigenvalue weighted by molar-refractivity contribution is -0.137. The van der Waals surface area contributed by atoms with Crippen molar-refractivity contribution in [3.63, 3.8) is 0 Å². The number of carbonyl (C=O) groups excluding carboxylic acids is 1. The first kappa shape index (κ1) is 26.8. The van der Waals surface area contributed by atoms with E-state index in [1.165, 1.54) is 11.3 Å². The number of amides is 1. The molecule has 0 radical (unpaired) electrons. The first-order valence-electron chi connectivity index (χ1n) is 11.1. The van der Waals surface area contributed by atoms with Crippen LogP contribution in [0.2, 0.25) is 5.15 Å². The molecule has 0 saturated heterocycles. The number of alkyl halides is 3. The van der Waals surface area contributed by atoms with Gasteiger partial charge in [-0.2, -0.15) is 13.2 Å². The van der Waals surface area contributed by atoms with Gasteiger partial charge in [-0.15, -0.1) is 16.4 Å². The lowest BCUT2D eigenvalue weighted by atomic mass is 10.1. The van der Waals surface area contributed by atoms with Crippen molar-refractivity contribution in [1.29, 1.82) is 0 Å². The molecule has 0 fully saturated rings. The quantitative estimate of drug-likeness (QED) is 0.0895. The predicted molar refractivity (Wildman–Crippen MR) is 131 cm³/mol. The molecular weight excluding hydrogens is 503 g/mol. The van der Waals surface area contributed by atoms with Crippen molar-refractivity contribution < 1.29 is 22.8 Å². The third-order valence-corrected chi connectivity index (χ3v) is 6.64. The summed E-state index contributed by atoms with van der Waals surface area (Å²) in [6, 6.07) is 7.35. The molecule has 3 heterocycles. The maximum Gasteiger partial charge on any atom is 0.389 e. The van der Waals surface area contributed by atoms with Gasteiger partial charge in [0.25, 0.3) is 0 Å². The lowest BCUT2D eigenvalue weighted by Crippen LogP contribution is -2.48. The van der Waals surface area contributed by atoms with Crippen LogP contribution in [0.15, 0.2) is 53.4 Å². The van der Waals surface area contributed by atoms with Gasteiger partial charge in [-0.3, -0.25) is 4.98 Å². The average Bonchev–Trinajstić information content (AvgIpc) is 3.51. The minimum Gasteiger partial charge on any atom is -0.396 e. The zero-order valence-corrected chi connectivity index (χ0v) is 20.7. The third-order valence-electron chi connectivity index (χ3n) is 5.45. The Labute approximate surface area is 210 Å². The maximum atomic E-state index is 12.3. The summed E-state index contributed by atoms with van der Waals surface area (Å²) >= 11 is 7.90. The van der Waals surface area contributed by atoms with Crippen molar-refractivity contribution in [3.05, 3.63) is 58.3 Å². The molecule has 35 heavy (non-hydrogen) atoms. The topological polar surface area (TPSA) is 69.4 Å². The van der Waals surface area contributed by atoms with Gasteiger partial charge in [-0.1, -0.05) is 22.8 Å². The number of nitrogens with zero attached hydrogens (tertiary/aromatic N) is 5. The second-order valence-electron chi connectivity index (χ2n) is 7.81. The molecule has 0 saturated carbocycles. The fourth-order valence-corrected chi connectivity index (χ4v) is 4.58. The highest BCUT2D eigenvalue weighted by atomic mass is 35.5. The molecule has 0 aliphatic rings. The monoisotopic (exact) mass is 528 g/mol. The van der Waals surface area contributed by atoms with Crippen molar-refractivity contribution in [2.75, 3.05) is 19.7 Å². The number of quaternary nitrogens is 1. The summed E-state index contributed by atoms with van der Waals surface area (Å²) in [5, 5.41) is 10.6. The van der Waals surface area contributed by atoms with Gasteiger partial charge < -0.3 is 4.84 Å². The SMILES string of the molecule is CC[N+](C=O)(CCCC(=NOCCCC(F)(F)F)c1cccs1)c1cn(-c2cccnc2)nc1Cl. The van der Waals surface area contributed by atoms with Crippen molar-refractivity contribution in [3.8, 4) is 5.69 Å². The maximum absolute atomic E-state index is 12.3. The van der Waals surface area contributed by atoms with Gasteiger partial charge in [-0.05, 0) is 43.3 Å². The summed E-state index contributed by atoms with van der Waals surface area (Å²) in [4.78, 5) is 22.4.